The van der Waals surface area contributed by atoms with Crippen molar-refractivity contribution in [1.29, 1.82) is 0 Å². The lowest BCUT2D eigenvalue weighted by Crippen LogP contribution is -3.08. The van der Waals surface area contributed by atoms with Crippen LogP contribution in [0.5, 0.6) is 5.75 Å². The summed E-state index contributed by atoms with van der Waals surface area (Å²) >= 11 is 2.88. The smallest absolute Gasteiger partial charge is 0.267 e. The number of thiophene rings is 1. The summed E-state index contributed by atoms with van der Waals surface area (Å²) in [4.78, 5) is 35.1. The molecule has 0 radical (unpaired) electrons. The summed E-state index contributed by atoms with van der Waals surface area (Å²) in [5.41, 5.74) is 3.54. The van der Waals surface area contributed by atoms with E-state index in [1.165, 1.54) is 21.5 Å². The lowest BCUT2D eigenvalue weighted by atomic mass is 10.1. The number of aryl methyl sites for hydroxylation is 1. The highest BCUT2D eigenvalue weighted by Gasteiger charge is 2.26. The first kappa shape index (κ1) is 24.5. The Labute approximate surface area is 218 Å². The summed E-state index contributed by atoms with van der Waals surface area (Å²) in [5.74, 6) is 0.744. The number of amides is 1. The third-order valence-electron chi connectivity index (χ3n) is 6.30. The van der Waals surface area contributed by atoms with Gasteiger partial charge in [0.05, 0.1) is 41.9 Å². The number of carbonyl (C=O) groups excluding carboxylic acids is 1. The van der Waals surface area contributed by atoms with Gasteiger partial charge in [-0.15, -0.1) is 11.3 Å². The van der Waals surface area contributed by atoms with Gasteiger partial charge >= 0.3 is 0 Å². The van der Waals surface area contributed by atoms with Crippen molar-refractivity contribution in [3.05, 3.63) is 74.9 Å². The van der Waals surface area contributed by atoms with Crippen molar-refractivity contribution in [2.24, 2.45) is 0 Å². The number of rotatable bonds is 7. The summed E-state index contributed by atoms with van der Waals surface area (Å²) in [5, 5.41) is 4.19. The molecule has 1 aliphatic heterocycles. The Morgan fingerprint density at radius 3 is 2.75 bits per heavy atom. The number of nitrogens with zero attached hydrogens (tertiary/aromatic N) is 2. The van der Waals surface area contributed by atoms with Crippen molar-refractivity contribution in [3.63, 3.8) is 0 Å². The maximum Gasteiger partial charge on any atom is 0.267 e. The van der Waals surface area contributed by atoms with Crippen LogP contribution >= 0.6 is 23.1 Å². The third kappa shape index (κ3) is 4.91. The molecule has 186 valence electrons. The number of ether oxygens (including phenoxy) is 1. The molecule has 0 saturated heterocycles. The zero-order valence-corrected chi connectivity index (χ0v) is 22.2. The van der Waals surface area contributed by atoms with Gasteiger partial charge in [-0.3, -0.25) is 14.2 Å². The highest BCUT2D eigenvalue weighted by Crippen LogP contribution is 2.32. The van der Waals surface area contributed by atoms with Crippen LogP contribution in [0.3, 0.4) is 0 Å². The molecule has 2 N–H and O–H groups in total. The molecule has 0 spiro atoms. The molecule has 1 aliphatic rings. The molecule has 0 saturated carbocycles. The Hall–Kier alpha value is -3.14. The standard InChI is InChI=1S/C27H28N4O3S2/c1-4-34-19-11-9-18(10-12-19)31-26(33)24-20-13-14-30(3)15-22(20)36-25(24)29-27(31)35-16-23(32)28-21-8-6-5-7-17(21)2/h5-12H,4,13-16H2,1-3H3,(H,28,32)/p+1. The largest absolute Gasteiger partial charge is 0.494 e. The highest BCUT2D eigenvalue weighted by molar-refractivity contribution is 7.99. The molecule has 7 nitrogen and oxygen atoms in total. The number of para-hydroxylation sites is 1. The van der Waals surface area contributed by atoms with Crippen molar-refractivity contribution in [2.75, 3.05) is 31.3 Å². The molecule has 1 atom stereocenters. The molecule has 0 fully saturated rings. The Morgan fingerprint density at radius 1 is 1.22 bits per heavy atom. The second-order valence-electron chi connectivity index (χ2n) is 8.93. The van der Waals surface area contributed by atoms with Gasteiger partial charge < -0.3 is 15.0 Å². The lowest BCUT2D eigenvalue weighted by Gasteiger charge is -2.19. The maximum atomic E-state index is 13.9. The Bertz CT molecular complexity index is 1480. The molecule has 1 amide bonds. The van der Waals surface area contributed by atoms with E-state index in [1.807, 2.05) is 62.4 Å². The summed E-state index contributed by atoms with van der Waals surface area (Å²) in [7, 11) is 2.17. The van der Waals surface area contributed by atoms with Crippen molar-refractivity contribution >= 4 is 44.9 Å². The molecule has 36 heavy (non-hydrogen) atoms. The normalized spacial score (nSPS) is 15.0. The Balaban J connectivity index is 1.53. The van der Waals surface area contributed by atoms with E-state index in [9.17, 15) is 9.59 Å². The molecule has 3 heterocycles. The van der Waals surface area contributed by atoms with Crippen LogP contribution in [0.2, 0.25) is 0 Å². The van der Waals surface area contributed by atoms with Crippen LogP contribution in [0.25, 0.3) is 15.9 Å². The fourth-order valence-corrected chi connectivity index (χ4v) is 6.64. The van der Waals surface area contributed by atoms with Gasteiger partial charge in [0.1, 0.15) is 17.1 Å². The van der Waals surface area contributed by atoms with Crippen molar-refractivity contribution in [1.82, 2.24) is 9.55 Å². The minimum atomic E-state index is -0.141. The van der Waals surface area contributed by atoms with Crippen LogP contribution < -0.4 is 20.5 Å². The molecule has 4 aromatic rings. The van der Waals surface area contributed by atoms with E-state index in [0.29, 0.717) is 22.8 Å². The molecular formula is C27H29N4O3S2+. The fourth-order valence-electron chi connectivity index (χ4n) is 4.45. The number of nitrogens with one attached hydrogen (secondary N) is 2. The minimum absolute atomic E-state index is 0.0805. The first-order valence-electron chi connectivity index (χ1n) is 12.0. The topological polar surface area (TPSA) is 77.7 Å². The highest BCUT2D eigenvalue weighted by atomic mass is 32.2. The van der Waals surface area contributed by atoms with Crippen molar-refractivity contribution in [2.45, 2.75) is 32.0 Å². The number of quaternary nitrogens is 1. The van der Waals surface area contributed by atoms with Crippen LogP contribution in [0.1, 0.15) is 22.9 Å². The Morgan fingerprint density at radius 2 is 2.00 bits per heavy atom. The number of thioether (sulfide) groups is 1. The molecule has 1 unspecified atom stereocenters. The molecule has 2 aromatic carbocycles. The van der Waals surface area contributed by atoms with E-state index in [4.69, 9.17) is 9.72 Å². The molecular weight excluding hydrogens is 492 g/mol. The van der Waals surface area contributed by atoms with Gasteiger partial charge in [-0.2, -0.15) is 0 Å². The molecule has 5 rings (SSSR count). The number of aromatic nitrogens is 2. The van der Waals surface area contributed by atoms with E-state index < -0.39 is 0 Å². The van der Waals surface area contributed by atoms with Gasteiger partial charge in [-0.05, 0) is 55.3 Å². The van der Waals surface area contributed by atoms with Crippen LogP contribution in [-0.2, 0) is 17.8 Å². The van der Waals surface area contributed by atoms with E-state index in [1.54, 1.807) is 15.9 Å². The summed E-state index contributed by atoms with van der Waals surface area (Å²) in [6.45, 7) is 6.36. The SMILES string of the molecule is CCOc1ccc(-n2c(SCC(=O)Nc3ccccc3C)nc3sc4c(c3c2=O)CC[NH+](C)C4)cc1. The zero-order valence-electron chi connectivity index (χ0n) is 20.6. The number of likely N-dealkylation sites (N-methyl/N-ethyl adjacent to an activating group) is 1. The van der Waals surface area contributed by atoms with Crippen molar-refractivity contribution in [3.8, 4) is 11.4 Å². The number of benzene rings is 2. The van der Waals surface area contributed by atoms with E-state index >= 15 is 0 Å². The van der Waals surface area contributed by atoms with E-state index in [-0.39, 0.29) is 17.2 Å². The molecule has 2 aromatic heterocycles. The Kier molecular flexibility index (Phi) is 7.13. The summed E-state index contributed by atoms with van der Waals surface area (Å²) < 4.78 is 7.22. The third-order valence-corrected chi connectivity index (χ3v) is 8.36. The molecule has 0 aliphatic carbocycles. The quantitative estimate of drug-likeness (QED) is 0.288. The summed E-state index contributed by atoms with van der Waals surface area (Å²) in [6, 6.07) is 15.1. The maximum absolute atomic E-state index is 13.9. The average molecular weight is 522 g/mol. The van der Waals surface area contributed by atoms with Crippen LogP contribution in [-0.4, -0.2) is 41.4 Å². The number of anilines is 1. The van der Waals surface area contributed by atoms with E-state index in [0.717, 1.165) is 46.9 Å². The van der Waals surface area contributed by atoms with E-state index in [2.05, 4.69) is 12.4 Å². The minimum Gasteiger partial charge on any atom is -0.494 e. The monoisotopic (exact) mass is 521 g/mol. The first-order chi connectivity index (χ1) is 17.4. The van der Waals surface area contributed by atoms with Gasteiger partial charge in [-0.25, -0.2) is 4.98 Å². The first-order valence-corrected chi connectivity index (χ1v) is 13.8. The van der Waals surface area contributed by atoms with Crippen molar-refractivity contribution < 1.29 is 14.4 Å². The van der Waals surface area contributed by atoms with Gasteiger partial charge in [0.2, 0.25) is 5.91 Å². The molecule has 0 bridgehead atoms. The van der Waals surface area contributed by atoms with Gasteiger partial charge in [-0.1, -0.05) is 30.0 Å². The number of hydrogen-bond acceptors (Lipinski definition) is 6. The molecule has 9 heteroatoms. The second-order valence-corrected chi connectivity index (χ2v) is 11.0. The second kappa shape index (κ2) is 10.5. The average Bonchev–Trinajstić information content (AvgIpc) is 3.22. The zero-order chi connectivity index (χ0) is 25.2. The van der Waals surface area contributed by atoms with Crippen LogP contribution in [0.15, 0.2) is 58.5 Å². The fraction of sp³-hybridized carbons (Fsp3) is 0.296. The predicted molar refractivity (Wildman–Crippen MR) is 146 cm³/mol. The van der Waals surface area contributed by atoms with Crippen LogP contribution in [0, 0.1) is 6.92 Å². The van der Waals surface area contributed by atoms with Gasteiger partial charge in [0.25, 0.3) is 5.56 Å². The van der Waals surface area contributed by atoms with Gasteiger partial charge in [0.15, 0.2) is 5.16 Å². The lowest BCUT2D eigenvalue weighted by molar-refractivity contribution is -0.895. The summed E-state index contributed by atoms with van der Waals surface area (Å²) in [6.07, 6.45) is 0.868. The number of carbonyl (C=O) groups is 1. The predicted octanol–water partition coefficient (Wildman–Crippen LogP) is 3.46. The van der Waals surface area contributed by atoms with Crippen LogP contribution in [0.4, 0.5) is 5.69 Å². The number of hydrogen-bond donors (Lipinski definition) is 2. The van der Waals surface area contributed by atoms with Gasteiger partial charge in [0, 0.05) is 12.1 Å². The number of fused-ring (bicyclic) bond motifs is 3.